The first-order chi connectivity index (χ1) is 14.3. The van der Waals surface area contributed by atoms with Crippen molar-refractivity contribution in [1.29, 1.82) is 0 Å². The molecule has 2 N–H and O–H groups in total. The second-order valence-corrected chi connectivity index (χ2v) is 6.66. The zero-order valence-electron chi connectivity index (χ0n) is 16.5. The van der Waals surface area contributed by atoms with Gasteiger partial charge in [-0.05, 0) is 50.2 Å². The number of para-hydroxylation sites is 2. The fraction of sp³-hybridized carbons (Fsp3) is 0.0833. The Morgan fingerprint density at radius 1 is 0.700 bits per heavy atom. The predicted molar refractivity (Wildman–Crippen MR) is 117 cm³/mol. The standard InChI is InChI=1S/C24H20N2O4/c1-15(27)17-7-9-19(23(29)11-17)13-25-21-5-3-4-6-22(21)26-14-20-10-8-18(16(2)28)12-24(20)30/h3-14,29-30H,1-2H3. The van der Waals surface area contributed by atoms with Crippen LogP contribution < -0.4 is 0 Å². The van der Waals surface area contributed by atoms with Crippen LogP contribution in [0.4, 0.5) is 11.4 Å². The van der Waals surface area contributed by atoms with Gasteiger partial charge in [-0.2, -0.15) is 0 Å². The van der Waals surface area contributed by atoms with Crippen molar-refractivity contribution >= 4 is 35.4 Å². The summed E-state index contributed by atoms with van der Waals surface area (Å²) in [6.07, 6.45) is 2.99. The molecule has 0 aliphatic heterocycles. The molecule has 0 unspecified atom stereocenters. The van der Waals surface area contributed by atoms with Crippen LogP contribution in [-0.2, 0) is 0 Å². The summed E-state index contributed by atoms with van der Waals surface area (Å²) in [6, 6.07) is 16.5. The average molecular weight is 400 g/mol. The van der Waals surface area contributed by atoms with Crippen molar-refractivity contribution in [2.24, 2.45) is 9.98 Å². The monoisotopic (exact) mass is 400 g/mol. The Kier molecular flexibility index (Phi) is 6.17. The van der Waals surface area contributed by atoms with Gasteiger partial charge >= 0.3 is 0 Å². The fourth-order valence-corrected chi connectivity index (χ4v) is 2.70. The summed E-state index contributed by atoms with van der Waals surface area (Å²) in [4.78, 5) is 31.6. The van der Waals surface area contributed by atoms with E-state index in [1.807, 2.05) is 12.1 Å². The number of benzene rings is 3. The average Bonchev–Trinajstić information content (AvgIpc) is 2.72. The number of hydrogen-bond acceptors (Lipinski definition) is 6. The third kappa shape index (κ3) is 4.86. The van der Waals surface area contributed by atoms with Gasteiger partial charge in [-0.25, -0.2) is 0 Å². The second kappa shape index (κ2) is 8.96. The second-order valence-electron chi connectivity index (χ2n) is 6.66. The van der Waals surface area contributed by atoms with Crippen molar-refractivity contribution in [3.8, 4) is 11.5 Å². The molecule has 0 aliphatic rings. The molecule has 0 saturated carbocycles. The summed E-state index contributed by atoms with van der Waals surface area (Å²) in [5, 5.41) is 20.2. The molecule has 0 atom stereocenters. The summed E-state index contributed by atoms with van der Waals surface area (Å²) >= 11 is 0. The SMILES string of the molecule is CC(=O)c1ccc(C=Nc2ccccc2N=Cc2ccc(C(C)=O)cc2O)c(O)c1. The van der Waals surface area contributed by atoms with E-state index >= 15 is 0 Å². The maximum atomic E-state index is 11.4. The summed E-state index contributed by atoms with van der Waals surface area (Å²) in [5.74, 6) is -0.341. The van der Waals surface area contributed by atoms with Crippen LogP contribution in [0.15, 0.2) is 70.6 Å². The quantitative estimate of drug-likeness (QED) is 0.449. The van der Waals surface area contributed by atoms with Crippen LogP contribution in [0.3, 0.4) is 0 Å². The highest BCUT2D eigenvalue weighted by molar-refractivity contribution is 5.97. The van der Waals surface area contributed by atoms with Gasteiger partial charge in [0.15, 0.2) is 11.6 Å². The summed E-state index contributed by atoms with van der Waals surface area (Å²) in [6.45, 7) is 2.87. The number of carbonyl (C=O) groups is 2. The lowest BCUT2D eigenvalue weighted by Gasteiger charge is -2.04. The molecule has 0 aliphatic carbocycles. The number of nitrogens with zero attached hydrogens (tertiary/aromatic N) is 2. The van der Waals surface area contributed by atoms with Gasteiger partial charge in [0.05, 0.1) is 11.4 Å². The minimum Gasteiger partial charge on any atom is -0.507 e. The van der Waals surface area contributed by atoms with E-state index in [9.17, 15) is 19.8 Å². The minimum absolute atomic E-state index is 0.0390. The van der Waals surface area contributed by atoms with E-state index in [1.165, 1.54) is 38.4 Å². The van der Waals surface area contributed by atoms with Crippen LogP contribution in [0.1, 0.15) is 45.7 Å². The van der Waals surface area contributed by atoms with Gasteiger partial charge in [0.2, 0.25) is 0 Å². The van der Waals surface area contributed by atoms with Crippen molar-refractivity contribution in [2.75, 3.05) is 0 Å². The molecule has 0 amide bonds. The molecular weight excluding hydrogens is 380 g/mol. The van der Waals surface area contributed by atoms with Gasteiger partial charge in [0.25, 0.3) is 0 Å². The molecule has 3 aromatic carbocycles. The van der Waals surface area contributed by atoms with Crippen molar-refractivity contribution in [1.82, 2.24) is 0 Å². The lowest BCUT2D eigenvalue weighted by Crippen LogP contribution is -1.93. The lowest BCUT2D eigenvalue weighted by molar-refractivity contribution is 0.100. The molecule has 150 valence electrons. The third-order valence-corrected chi connectivity index (χ3v) is 4.44. The van der Waals surface area contributed by atoms with E-state index in [-0.39, 0.29) is 23.1 Å². The molecule has 3 rings (SSSR count). The Hall–Kier alpha value is -4.06. The fourth-order valence-electron chi connectivity index (χ4n) is 2.70. The summed E-state index contributed by atoms with van der Waals surface area (Å²) < 4.78 is 0. The highest BCUT2D eigenvalue weighted by Crippen LogP contribution is 2.28. The summed E-state index contributed by atoms with van der Waals surface area (Å²) in [7, 11) is 0. The molecule has 6 nitrogen and oxygen atoms in total. The number of Topliss-reactive ketones (excluding diaryl/α,β-unsaturated/α-hetero) is 2. The molecule has 0 radical (unpaired) electrons. The molecule has 0 fully saturated rings. The number of phenols is 2. The number of rotatable bonds is 6. The van der Waals surface area contributed by atoms with E-state index in [1.54, 1.807) is 36.4 Å². The summed E-state index contributed by atoms with van der Waals surface area (Å²) in [5.41, 5.74) is 2.90. The number of ketones is 2. The number of hydrogen-bond donors (Lipinski definition) is 2. The predicted octanol–water partition coefficient (Wildman–Crippen LogP) is 5.00. The van der Waals surface area contributed by atoms with Crippen molar-refractivity contribution in [3.05, 3.63) is 82.9 Å². The maximum Gasteiger partial charge on any atom is 0.159 e. The molecule has 30 heavy (non-hydrogen) atoms. The van der Waals surface area contributed by atoms with Gasteiger partial charge in [-0.3, -0.25) is 19.6 Å². The van der Waals surface area contributed by atoms with Crippen molar-refractivity contribution in [3.63, 3.8) is 0 Å². The maximum absolute atomic E-state index is 11.4. The van der Waals surface area contributed by atoms with Crippen LogP contribution in [0.2, 0.25) is 0 Å². The smallest absolute Gasteiger partial charge is 0.159 e. The Morgan fingerprint density at radius 2 is 1.10 bits per heavy atom. The van der Waals surface area contributed by atoms with E-state index in [2.05, 4.69) is 9.98 Å². The zero-order chi connectivity index (χ0) is 21.7. The zero-order valence-corrected chi connectivity index (χ0v) is 16.5. The number of phenolic OH excluding ortho intramolecular Hbond substituents is 2. The van der Waals surface area contributed by atoms with Gasteiger partial charge in [-0.1, -0.05) is 24.3 Å². The molecule has 0 aromatic heterocycles. The van der Waals surface area contributed by atoms with Gasteiger partial charge < -0.3 is 10.2 Å². The highest BCUT2D eigenvalue weighted by atomic mass is 16.3. The van der Waals surface area contributed by atoms with Crippen LogP contribution >= 0.6 is 0 Å². The van der Waals surface area contributed by atoms with Crippen LogP contribution in [-0.4, -0.2) is 34.2 Å². The number of aliphatic imine (C=N–C) groups is 2. The third-order valence-electron chi connectivity index (χ3n) is 4.44. The van der Waals surface area contributed by atoms with E-state index in [0.717, 1.165) is 0 Å². The van der Waals surface area contributed by atoms with Gasteiger partial charge in [0.1, 0.15) is 11.5 Å². The molecule has 3 aromatic rings. The van der Waals surface area contributed by atoms with E-state index in [0.29, 0.717) is 33.6 Å². The first-order valence-electron chi connectivity index (χ1n) is 9.20. The van der Waals surface area contributed by atoms with Crippen LogP contribution in [0, 0.1) is 0 Å². The Bertz CT molecular complexity index is 1090. The molecular formula is C24H20N2O4. The van der Waals surface area contributed by atoms with Gasteiger partial charge in [-0.15, -0.1) is 0 Å². The minimum atomic E-state index is -0.131. The molecule has 0 spiro atoms. The Labute approximate surface area is 173 Å². The molecule has 0 bridgehead atoms. The largest absolute Gasteiger partial charge is 0.507 e. The van der Waals surface area contributed by atoms with Crippen LogP contribution in [0.5, 0.6) is 11.5 Å². The number of carbonyl (C=O) groups excluding carboxylic acids is 2. The highest BCUT2D eigenvalue weighted by Gasteiger charge is 2.06. The van der Waals surface area contributed by atoms with Gasteiger partial charge in [0, 0.05) is 34.7 Å². The van der Waals surface area contributed by atoms with Crippen LogP contribution in [0.25, 0.3) is 0 Å². The number of aromatic hydroxyl groups is 2. The first-order valence-corrected chi connectivity index (χ1v) is 9.20. The Balaban J connectivity index is 1.86. The van der Waals surface area contributed by atoms with E-state index in [4.69, 9.17) is 0 Å². The first kappa shape index (κ1) is 20.7. The van der Waals surface area contributed by atoms with Crippen molar-refractivity contribution < 1.29 is 19.8 Å². The topological polar surface area (TPSA) is 99.3 Å². The van der Waals surface area contributed by atoms with Crippen molar-refractivity contribution in [2.45, 2.75) is 13.8 Å². The lowest BCUT2D eigenvalue weighted by atomic mass is 10.1. The normalized spacial score (nSPS) is 11.3. The molecule has 0 saturated heterocycles. The Morgan fingerprint density at radius 3 is 1.43 bits per heavy atom. The molecule has 0 heterocycles. The molecule has 6 heteroatoms. The van der Waals surface area contributed by atoms with E-state index < -0.39 is 0 Å².